The Hall–Kier alpha value is -1.60. The number of hydrogen-bond acceptors (Lipinski definition) is 5. The quantitative estimate of drug-likeness (QED) is 0.680. The summed E-state index contributed by atoms with van der Waals surface area (Å²) in [5, 5.41) is 2.63. The normalized spacial score (nSPS) is 12.7. The van der Waals surface area contributed by atoms with Crippen molar-refractivity contribution in [2.24, 2.45) is 5.73 Å². The molecule has 1 rings (SSSR count). The highest BCUT2D eigenvalue weighted by Gasteiger charge is 2.15. The molecule has 0 aliphatic rings. The Balaban J connectivity index is 2.30. The standard InChI is InChI=1S/C15H24N2O4S/c1-11-8-12(2)10-13(9-11)21-6-5-17-15(18)14(16)4-7-22(3,19)20/h8-10,14H,4-7,16H2,1-3H3,(H,17,18). The maximum Gasteiger partial charge on any atom is 0.237 e. The predicted octanol–water partition coefficient (Wildman–Crippen LogP) is 0.560. The first-order valence-electron chi connectivity index (χ1n) is 7.09. The summed E-state index contributed by atoms with van der Waals surface area (Å²) in [6.07, 6.45) is 1.23. The van der Waals surface area contributed by atoms with Crippen LogP contribution in [-0.4, -0.2) is 45.5 Å². The number of rotatable bonds is 8. The molecule has 0 aromatic heterocycles. The van der Waals surface area contributed by atoms with Crippen LogP contribution in [0.2, 0.25) is 0 Å². The molecule has 0 radical (unpaired) electrons. The summed E-state index contributed by atoms with van der Waals surface area (Å²) in [6, 6.07) is 5.07. The van der Waals surface area contributed by atoms with Crippen LogP contribution >= 0.6 is 0 Å². The second-order valence-electron chi connectivity index (χ2n) is 5.49. The summed E-state index contributed by atoms with van der Waals surface area (Å²) in [6.45, 7) is 4.62. The molecular formula is C15H24N2O4S. The zero-order valence-corrected chi connectivity index (χ0v) is 14.1. The minimum atomic E-state index is -3.11. The Kier molecular flexibility index (Phi) is 6.83. The molecule has 0 bridgehead atoms. The van der Waals surface area contributed by atoms with Gasteiger partial charge in [-0.2, -0.15) is 0 Å². The van der Waals surface area contributed by atoms with Gasteiger partial charge in [-0.1, -0.05) is 6.07 Å². The average molecular weight is 328 g/mol. The Morgan fingerprint density at radius 1 is 1.27 bits per heavy atom. The number of nitrogens with one attached hydrogen (secondary N) is 1. The minimum absolute atomic E-state index is 0.0966. The SMILES string of the molecule is Cc1cc(C)cc(OCCNC(=O)C(N)CCS(C)(=O)=O)c1. The van der Waals surface area contributed by atoms with Crippen molar-refractivity contribution in [1.29, 1.82) is 0 Å². The molecule has 0 saturated heterocycles. The number of carbonyl (C=O) groups excluding carboxylic acids is 1. The van der Waals surface area contributed by atoms with E-state index >= 15 is 0 Å². The number of nitrogens with two attached hydrogens (primary N) is 1. The number of benzene rings is 1. The maximum atomic E-state index is 11.7. The van der Waals surface area contributed by atoms with E-state index in [2.05, 4.69) is 11.4 Å². The third-order valence-corrected chi connectivity index (χ3v) is 3.98. The van der Waals surface area contributed by atoms with E-state index in [1.54, 1.807) is 0 Å². The first-order valence-corrected chi connectivity index (χ1v) is 9.15. The largest absolute Gasteiger partial charge is 0.492 e. The van der Waals surface area contributed by atoms with E-state index in [0.717, 1.165) is 23.1 Å². The highest BCUT2D eigenvalue weighted by molar-refractivity contribution is 7.90. The average Bonchev–Trinajstić information content (AvgIpc) is 2.38. The molecule has 1 aromatic carbocycles. The number of carbonyl (C=O) groups is 1. The molecular weight excluding hydrogens is 304 g/mol. The second kappa shape index (κ2) is 8.14. The van der Waals surface area contributed by atoms with E-state index in [-0.39, 0.29) is 18.1 Å². The highest BCUT2D eigenvalue weighted by atomic mass is 32.2. The van der Waals surface area contributed by atoms with Crippen LogP contribution in [0.3, 0.4) is 0 Å². The zero-order chi connectivity index (χ0) is 16.8. The molecule has 1 unspecified atom stereocenters. The molecule has 0 fully saturated rings. The molecule has 0 aliphatic carbocycles. The molecule has 1 atom stereocenters. The van der Waals surface area contributed by atoms with E-state index in [9.17, 15) is 13.2 Å². The van der Waals surface area contributed by atoms with Crippen molar-refractivity contribution in [3.63, 3.8) is 0 Å². The van der Waals surface area contributed by atoms with Gasteiger partial charge in [0.15, 0.2) is 0 Å². The Bertz CT molecular complexity index is 594. The number of ether oxygens (including phenoxy) is 1. The Morgan fingerprint density at radius 2 is 1.86 bits per heavy atom. The summed E-state index contributed by atoms with van der Waals surface area (Å²) >= 11 is 0. The summed E-state index contributed by atoms with van der Waals surface area (Å²) in [7, 11) is -3.11. The van der Waals surface area contributed by atoms with E-state index < -0.39 is 15.9 Å². The number of amides is 1. The van der Waals surface area contributed by atoms with Gasteiger partial charge in [-0.25, -0.2) is 8.42 Å². The Labute approximate surface area is 132 Å². The zero-order valence-electron chi connectivity index (χ0n) is 13.3. The van der Waals surface area contributed by atoms with Gasteiger partial charge in [-0.05, 0) is 43.5 Å². The van der Waals surface area contributed by atoms with Crippen molar-refractivity contribution in [3.05, 3.63) is 29.3 Å². The molecule has 1 amide bonds. The maximum absolute atomic E-state index is 11.7. The fourth-order valence-electron chi connectivity index (χ4n) is 1.96. The van der Waals surface area contributed by atoms with Crippen molar-refractivity contribution >= 4 is 15.7 Å². The molecule has 22 heavy (non-hydrogen) atoms. The first-order chi connectivity index (χ1) is 10.2. The van der Waals surface area contributed by atoms with Gasteiger partial charge in [0.25, 0.3) is 0 Å². The topological polar surface area (TPSA) is 98.5 Å². The van der Waals surface area contributed by atoms with Gasteiger partial charge in [-0.15, -0.1) is 0 Å². The van der Waals surface area contributed by atoms with Crippen LogP contribution in [0.15, 0.2) is 18.2 Å². The lowest BCUT2D eigenvalue weighted by Crippen LogP contribution is -2.42. The van der Waals surface area contributed by atoms with Crippen molar-refractivity contribution in [1.82, 2.24) is 5.32 Å². The van der Waals surface area contributed by atoms with Crippen molar-refractivity contribution in [3.8, 4) is 5.75 Å². The molecule has 0 heterocycles. The van der Waals surface area contributed by atoms with Crippen molar-refractivity contribution in [2.45, 2.75) is 26.3 Å². The first kappa shape index (κ1) is 18.4. The van der Waals surface area contributed by atoms with Crippen molar-refractivity contribution in [2.75, 3.05) is 25.2 Å². The van der Waals surface area contributed by atoms with Crippen LogP contribution in [0.4, 0.5) is 0 Å². The van der Waals surface area contributed by atoms with E-state index in [4.69, 9.17) is 10.5 Å². The monoisotopic (exact) mass is 328 g/mol. The molecule has 0 aliphatic heterocycles. The third-order valence-electron chi connectivity index (χ3n) is 3.00. The highest BCUT2D eigenvalue weighted by Crippen LogP contribution is 2.15. The van der Waals surface area contributed by atoms with Gasteiger partial charge in [0, 0.05) is 6.26 Å². The molecule has 0 spiro atoms. The number of aryl methyl sites for hydroxylation is 2. The second-order valence-corrected chi connectivity index (χ2v) is 7.75. The van der Waals surface area contributed by atoms with Crippen LogP contribution in [0.25, 0.3) is 0 Å². The third kappa shape index (κ3) is 7.42. The fourth-order valence-corrected chi connectivity index (χ4v) is 2.64. The molecule has 7 heteroatoms. The fraction of sp³-hybridized carbons (Fsp3) is 0.533. The lowest BCUT2D eigenvalue weighted by Gasteiger charge is -2.12. The van der Waals surface area contributed by atoms with E-state index in [0.29, 0.717) is 13.2 Å². The number of sulfone groups is 1. The van der Waals surface area contributed by atoms with Crippen molar-refractivity contribution < 1.29 is 17.9 Å². The molecule has 6 nitrogen and oxygen atoms in total. The van der Waals surface area contributed by atoms with Crippen LogP contribution in [0.5, 0.6) is 5.75 Å². The molecule has 3 N–H and O–H groups in total. The molecule has 0 saturated carbocycles. The minimum Gasteiger partial charge on any atom is -0.492 e. The van der Waals surface area contributed by atoms with Crippen LogP contribution in [0.1, 0.15) is 17.5 Å². The Morgan fingerprint density at radius 3 is 2.41 bits per heavy atom. The van der Waals surface area contributed by atoms with Crippen LogP contribution < -0.4 is 15.8 Å². The lowest BCUT2D eigenvalue weighted by atomic mass is 10.1. The van der Waals surface area contributed by atoms with Crippen LogP contribution in [0, 0.1) is 13.8 Å². The molecule has 1 aromatic rings. The smallest absolute Gasteiger partial charge is 0.237 e. The van der Waals surface area contributed by atoms with Crippen LogP contribution in [-0.2, 0) is 14.6 Å². The number of hydrogen-bond donors (Lipinski definition) is 2. The molecule has 124 valence electrons. The predicted molar refractivity (Wildman–Crippen MR) is 86.7 cm³/mol. The summed E-state index contributed by atoms with van der Waals surface area (Å²) in [4.78, 5) is 11.7. The van der Waals surface area contributed by atoms with Gasteiger partial charge >= 0.3 is 0 Å². The van der Waals surface area contributed by atoms with E-state index in [1.165, 1.54) is 0 Å². The van der Waals surface area contributed by atoms with Gasteiger partial charge in [0.2, 0.25) is 5.91 Å². The lowest BCUT2D eigenvalue weighted by molar-refractivity contribution is -0.122. The summed E-state index contributed by atoms with van der Waals surface area (Å²) < 4.78 is 27.6. The van der Waals surface area contributed by atoms with Gasteiger partial charge < -0.3 is 15.8 Å². The van der Waals surface area contributed by atoms with Gasteiger partial charge in [-0.3, -0.25) is 4.79 Å². The van der Waals surface area contributed by atoms with Gasteiger partial charge in [0.1, 0.15) is 22.2 Å². The summed E-state index contributed by atoms with van der Waals surface area (Å²) in [5.41, 5.74) is 7.87. The summed E-state index contributed by atoms with van der Waals surface area (Å²) in [5.74, 6) is 0.293. The van der Waals surface area contributed by atoms with Gasteiger partial charge in [0.05, 0.1) is 18.3 Å². The van der Waals surface area contributed by atoms with E-state index in [1.807, 2.05) is 26.0 Å².